The van der Waals surface area contributed by atoms with Crippen molar-refractivity contribution in [2.45, 2.75) is 71.8 Å². The highest BCUT2D eigenvalue weighted by atomic mass is 16.5. The van der Waals surface area contributed by atoms with Crippen LogP contribution in [0.1, 0.15) is 76.0 Å². The standard InChI is InChI=1S/C32H36N2O4/c1-18(35)38-28-12-11-26-22-10-7-20-15-23-24(16-32(20,3)27(22)13-14-31(26,28)2)29(34-30(36)25(23)17-33)19-5-8-21(37-4)9-6-19/h5-6,8-9,15,22,26-28H,7,10-14,16H2,1-4H3,(H,34,36)/t22-,26-,27-,28-,31-,32-/m0/s1. The van der Waals surface area contributed by atoms with Gasteiger partial charge in [-0.2, -0.15) is 5.26 Å². The van der Waals surface area contributed by atoms with E-state index in [1.54, 1.807) is 7.11 Å². The maximum atomic E-state index is 13.0. The molecule has 1 aromatic carbocycles. The molecule has 0 spiro atoms. The zero-order valence-corrected chi connectivity index (χ0v) is 22.7. The van der Waals surface area contributed by atoms with Gasteiger partial charge in [0.15, 0.2) is 0 Å². The molecule has 3 fully saturated rings. The predicted octanol–water partition coefficient (Wildman–Crippen LogP) is 6.04. The van der Waals surface area contributed by atoms with Gasteiger partial charge in [-0.25, -0.2) is 0 Å². The van der Waals surface area contributed by atoms with Crippen LogP contribution in [0.4, 0.5) is 0 Å². The Balaban J connectivity index is 1.42. The minimum absolute atomic E-state index is 0.0210. The summed E-state index contributed by atoms with van der Waals surface area (Å²) < 4.78 is 11.2. The lowest BCUT2D eigenvalue weighted by Gasteiger charge is -2.58. The Morgan fingerprint density at radius 1 is 1.11 bits per heavy atom. The lowest BCUT2D eigenvalue weighted by molar-refractivity contribution is -0.157. The minimum Gasteiger partial charge on any atom is -0.497 e. The van der Waals surface area contributed by atoms with Gasteiger partial charge >= 0.3 is 5.97 Å². The van der Waals surface area contributed by atoms with E-state index in [0.717, 1.165) is 73.1 Å². The lowest BCUT2D eigenvalue weighted by atomic mass is 9.47. The van der Waals surface area contributed by atoms with E-state index in [9.17, 15) is 14.9 Å². The van der Waals surface area contributed by atoms with Crippen LogP contribution < -0.4 is 10.3 Å². The number of aromatic nitrogens is 1. The van der Waals surface area contributed by atoms with Crippen molar-refractivity contribution in [3.63, 3.8) is 0 Å². The van der Waals surface area contributed by atoms with Crippen molar-refractivity contribution < 1.29 is 14.3 Å². The summed E-state index contributed by atoms with van der Waals surface area (Å²) in [5.74, 6) is 2.25. The van der Waals surface area contributed by atoms with E-state index in [1.165, 1.54) is 12.5 Å². The molecule has 0 amide bonds. The van der Waals surface area contributed by atoms with Crippen molar-refractivity contribution >= 4 is 12.0 Å². The molecule has 6 rings (SSSR count). The van der Waals surface area contributed by atoms with Gasteiger partial charge in [0.2, 0.25) is 0 Å². The molecule has 198 valence electrons. The second kappa shape index (κ2) is 8.86. The number of H-pyrrole nitrogens is 1. The molecule has 6 nitrogen and oxygen atoms in total. The summed E-state index contributed by atoms with van der Waals surface area (Å²) in [6.45, 7) is 6.29. The van der Waals surface area contributed by atoms with Gasteiger partial charge in [0.05, 0.1) is 12.8 Å². The van der Waals surface area contributed by atoms with Gasteiger partial charge in [0.25, 0.3) is 5.56 Å². The zero-order valence-electron chi connectivity index (χ0n) is 22.7. The predicted molar refractivity (Wildman–Crippen MR) is 145 cm³/mol. The quantitative estimate of drug-likeness (QED) is 0.507. The first-order valence-electron chi connectivity index (χ1n) is 13.9. The molecule has 6 heteroatoms. The third-order valence-corrected chi connectivity index (χ3v) is 10.7. The first kappa shape index (κ1) is 25.0. The molecule has 38 heavy (non-hydrogen) atoms. The van der Waals surface area contributed by atoms with Crippen LogP contribution in [-0.4, -0.2) is 24.2 Å². The van der Waals surface area contributed by atoms with Gasteiger partial charge < -0.3 is 14.5 Å². The van der Waals surface area contributed by atoms with E-state index >= 15 is 0 Å². The summed E-state index contributed by atoms with van der Waals surface area (Å²) in [6.07, 6.45) is 9.34. The molecule has 4 aliphatic rings. The number of hydrogen-bond acceptors (Lipinski definition) is 5. The fourth-order valence-electron chi connectivity index (χ4n) is 8.81. The Morgan fingerprint density at radius 3 is 2.55 bits per heavy atom. The van der Waals surface area contributed by atoms with Crippen molar-refractivity contribution in [3.8, 4) is 23.1 Å². The van der Waals surface area contributed by atoms with Crippen LogP contribution in [0, 0.1) is 39.9 Å². The van der Waals surface area contributed by atoms with Crippen molar-refractivity contribution in [2.75, 3.05) is 7.11 Å². The highest BCUT2D eigenvalue weighted by Crippen LogP contribution is 2.66. The number of methoxy groups -OCH3 is 1. The second-order valence-electron chi connectivity index (χ2n) is 12.3. The number of benzene rings is 1. The maximum absolute atomic E-state index is 13.0. The number of fused-ring (bicyclic) bond motifs is 6. The SMILES string of the molecule is COc1ccc(-c2[nH]c(=O)c(C#N)c3c2C[C@@]2(C)C(=C3)CC[C@H]3[C@@H]4CC[C@H](OC(C)=O)[C@@]4(C)CC[C@@H]32)cc1. The molecule has 1 aromatic heterocycles. The van der Waals surface area contributed by atoms with Crippen LogP contribution in [0.5, 0.6) is 5.75 Å². The molecule has 1 N–H and O–H groups in total. The third-order valence-electron chi connectivity index (χ3n) is 10.7. The highest BCUT2D eigenvalue weighted by molar-refractivity contribution is 5.76. The van der Waals surface area contributed by atoms with Crippen molar-refractivity contribution in [1.29, 1.82) is 5.26 Å². The number of carbonyl (C=O) groups excluding carboxylic acids is 1. The monoisotopic (exact) mass is 512 g/mol. The first-order chi connectivity index (χ1) is 18.2. The number of nitrogens with zero attached hydrogens (tertiary/aromatic N) is 1. The Hall–Kier alpha value is -3.33. The molecular weight excluding hydrogens is 476 g/mol. The smallest absolute Gasteiger partial charge is 0.302 e. The van der Waals surface area contributed by atoms with Gasteiger partial charge in [-0.1, -0.05) is 25.5 Å². The molecule has 6 atom stereocenters. The minimum atomic E-state index is -0.331. The van der Waals surface area contributed by atoms with Crippen molar-refractivity contribution in [3.05, 3.63) is 56.9 Å². The fourth-order valence-corrected chi connectivity index (χ4v) is 8.81. The normalized spacial score (nSPS) is 33.1. The number of pyridine rings is 1. The molecule has 1 heterocycles. The number of hydrogen-bond donors (Lipinski definition) is 1. The molecule has 0 unspecified atom stereocenters. The number of allylic oxidation sites excluding steroid dienone is 1. The average molecular weight is 513 g/mol. The average Bonchev–Trinajstić information content (AvgIpc) is 3.22. The van der Waals surface area contributed by atoms with E-state index in [1.807, 2.05) is 24.3 Å². The van der Waals surface area contributed by atoms with Crippen LogP contribution in [0.3, 0.4) is 0 Å². The van der Waals surface area contributed by atoms with E-state index < -0.39 is 0 Å². The molecular formula is C32H36N2O4. The number of ether oxygens (including phenoxy) is 2. The molecule has 0 saturated heterocycles. The number of nitrogens with one attached hydrogen (secondary N) is 1. The van der Waals surface area contributed by atoms with Gasteiger partial charge in [-0.3, -0.25) is 9.59 Å². The van der Waals surface area contributed by atoms with E-state index in [-0.39, 0.29) is 34.0 Å². The number of carbonyl (C=O) groups is 1. The van der Waals surface area contributed by atoms with Gasteiger partial charge in [0, 0.05) is 17.9 Å². The van der Waals surface area contributed by atoms with E-state index in [4.69, 9.17) is 9.47 Å². The summed E-state index contributed by atoms with van der Waals surface area (Å²) in [7, 11) is 1.64. The molecule has 0 radical (unpaired) electrons. The Bertz CT molecular complexity index is 1430. The first-order valence-corrected chi connectivity index (χ1v) is 13.9. The Kier molecular flexibility index (Phi) is 5.83. The number of aromatic amines is 1. The fraction of sp³-hybridized carbons (Fsp3) is 0.531. The van der Waals surface area contributed by atoms with Crippen LogP contribution in [0.25, 0.3) is 17.3 Å². The summed E-state index contributed by atoms with van der Waals surface area (Å²) in [5.41, 5.74) is 4.86. The van der Waals surface area contributed by atoms with Crippen LogP contribution in [0.15, 0.2) is 34.6 Å². The van der Waals surface area contributed by atoms with Gasteiger partial charge in [-0.05, 0) is 104 Å². The van der Waals surface area contributed by atoms with E-state index in [2.05, 4.69) is 31.0 Å². The molecule has 0 aliphatic heterocycles. The summed E-state index contributed by atoms with van der Waals surface area (Å²) in [4.78, 5) is 27.9. The van der Waals surface area contributed by atoms with Crippen LogP contribution >= 0.6 is 0 Å². The third kappa shape index (κ3) is 3.58. The topological polar surface area (TPSA) is 92.2 Å². The number of esters is 1. The molecule has 4 aliphatic carbocycles. The largest absolute Gasteiger partial charge is 0.497 e. The number of nitriles is 1. The van der Waals surface area contributed by atoms with Crippen molar-refractivity contribution in [1.82, 2.24) is 4.98 Å². The van der Waals surface area contributed by atoms with Gasteiger partial charge in [-0.15, -0.1) is 0 Å². The van der Waals surface area contributed by atoms with Crippen molar-refractivity contribution in [2.24, 2.45) is 28.6 Å². The lowest BCUT2D eigenvalue weighted by Crippen LogP contribution is -2.52. The summed E-state index contributed by atoms with van der Waals surface area (Å²) in [5, 5.41) is 9.92. The van der Waals surface area contributed by atoms with Crippen LogP contribution in [0.2, 0.25) is 0 Å². The molecule has 0 bridgehead atoms. The summed E-state index contributed by atoms with van der Waals surface area (Å²) >= 11 is 0. The van der Waals surface area contributed by atoms with Crippen LogP contribution in [-0.2, 0) is 16.0 Å². The zero-order chi connectivity index (χ0) is 26.8. The molecule has 2 aromatic rings. The summed E-state index contributed by atoms with van der Waals surface area (Å²) in [6, 6.07) is 9.95. The number of rotatable bonds is 3. The maximum Gasteiger partial charge on any atom is 0.302 e. The van der Waals surface area contributed by atoms with E-state index in [0.29, 0.717) is 17.8 Å². The second-order valence-corrected chi connectivity index (χ2v) is 12.3. The highest BCUT2D eigenvalue weighted by Gasteiger charge is 2.60. The Morgan fingerprint density at radius 2 is 1.87 bits per heavy atom. The molecule has 3 saturated carbocycles. The Labute approximate surface area is 224 Å². The van der Waals surface area contributed by atoms with Gasteiger partial charge in [0.1, 0.15) is 23.5 Å².